The number of aromatic hydroxyl groups is 1. The summed E-state index contributed by atoms with van der Waals surface area (Å²) >= 11 is 1.69. The minimum absolute atomic E-state index is 0.269. The van der Waals surface area contributed by atoms with Gasteiger partial charge in [0.15, 0.2) is 0 Å². The van der Waals surface area contributed by atoms with Gasteiger partial charge in [0.05, 0.1) is 0 Å². The van der Waals surface area contributed by atoms with Gasteiger partial charge in [0, 0.05) is 16.9 Å². The average Bonchev–Trinajstić information content (AvgIpc) is 2.06. The molecule has 1 N–H and O–H groups in total. The highest BCUT2D eigenvalue weighted by Gasteiger charge is 2.08. The van der Waals surface area contributed by atoms with Crippen LogP contribution in [0.1, 0.15) is 0 Å². The molecule has 0 aromatic heterocycles. The first-order chi connectivity index (χ1) is 5.38. The first kappa shape index (κ1) is 6.73. The predicted octanol–water partition coefficient (Wildman–Crippen LogP) is 2.20. The van der Waals surface area contributed by atoms with E-state index in [1.165, 1.54) is 0 Å². The molecule has 2 nitrogen and oxygen atoms in total. The van der Waals surface area contributed by atoms with Crippen molar-refractivity contribution in [3.8, 4) is 5.75 Å². The maximum Gasteiger partial charge on any atom is 0.142 e. The maximum absolute atomic E-state index is 9.33. The van der Waals surface area contributed by atoms with E-state index in [2.05, 4.69) is 4.99 Å². The van der Waals surface area contributed by atoms with Crippen LogP contribution in [-0.2, 0) is 0 Å². The molecule has 1 aromatic carbocycles. The Hall–Kier alpha value is -0.960. The number of benzene rings is 1. The van der Waals surface area contributed by atoms with E-state index in [1.807, 2.05) is 18.3 Å². The lowest BCUT2D eigenvalue weighted by molar-refractivity contribution is 0.475. The molecule has 0 atom stereocenters. The second-order valence-electron chi connectivity index (χ2n) is 2.25. The van der Waals surface area contributed by atoms with Gasteiger partial charge in [-0.25, -0.2) is 0 Å². The molecule has 3 heteroatoms. The number of fused-ring (bicyclic) bond motifs is 1. The molecular formula is C8H7NOS. The Balaban J connectivity index is 2.60. The summed E-state index contributed by atoms with van der Waals surface area (Å²) in [5, 5.41) is 9.33. The Morgan fingerprint density at radius 3 is 3.18 bits per heavy atom. The zero-order valence-corrected chi connectivity index (χ0v) is 6.64. The van der Waals surface area contributed by atoms with Crippen molar-refractivity contribution in [1.82, 2.24) is 0 Å². The Morgan fingerprint density at radius 1 is 1.45 bits per heavy atom. The Kier molecular flexibility index (Phi) is 1.58. The molecule has 0 amide bonds. The normalized spacial score (nSPS) is 14.5. The number of phenolic OH excluding ortho intramolecular Hbond substituents is 1. The van der Waals surface area contributed by atoms with E-state index >= 15 is 0 Å². The van der Waals surface area contributed by atoms with E-state index in [4.69, 9.17) is 0 Å². The summed E-state index contributed by atoms with van der Waals surface area (Å²) < 4.78 is 0. The third kappa shape index (κ3) is 1.12. The van der Waals surface area contributed by atoms with Crippen molar-refractivity contribution in [1.29, 1.82) is 0 Å². The lowest BCUT2D eigenvalue weighted by Crippen LogP contribution is -1.87. The molecule has 0 saturated carbocycles. The van der Waals surface area contributed by atoms with Crippen molar-refractivity contribution >= 4 is 23.7 Å². The monoisotopic (exact) mass is 165 g/mol. The molecule has 0 unspecified atom stereocenters. The van der Waals surface area contributed by atoms with Gasteiger partial charge in [0.1, 0.15) is 11.4 Å². The van der Waals surface area contributed by atoms with Crippen LogP contribution in [0.2, 0.25) is 0 Å². The van der Waals surface area contributed by atoms with Gasteiger partial charge in [0.25, 0.3) is 0 Å². The van der Waals surface area contributed by atoms with Crippen molar-refractivity contribution < 1.29 is 5.11 Å². The third-order valence-corrected chi connectivity index (χ3v) is 2.47. The van der Waals surface area contributed by atoms with Crippen molar-refractivity contribution in [2.24, 2.45) is 4.99 Å². The van der Waals surface area contributed by atoms with Crippen molar-refractivity contribution in [3.05, 3.63) is 18.2 Å². The van der Waals surface area contributed by atoms with Gasteiger partial charge in [-0.2, -0.15) is 0 Å². The van der Waals surface area contributed by atoms with Crippen LogP contribution in [0.4, 0.5) is 5.69 Å². The van der Waals surface area contributed by atoms with Crippen LogP contribution >= 0.6 is 11.8 Å². The average molecular weight is 165 g/mol. The van der Waals surface area contributed by atoms with Gasteiger partial charge in [-0.3, -0.25) is 4.99 Å². The lowest BCUT2D eigenvalue weighted by atomic mass is 10.3. The van der Waals surface area contributed by atoms with Gasteiger partial charge < -0.3 is 5.11 Å². The van der Waals surface area contributed by atoms with Crippen LogP contribution in [0.5, 0.6) is 5.75 Å². The van der Waals surface area contributed by atoms with Crippen molar-refractivity contribution in [3.63, 3.8) is 0 Å². The summed E-state index contributed by atoms with van der Waals surface area (Å²) in [5.41, 5.74) is 0.712. The fraction of sp³-hybridized carbons (Fsp3) is 0.125. The number of para-hydroxylation sites is 1. The molecule has 2 rings (SSSR count). The van der Waals surface area contributed by atoms with Crippen LogP contribution in [0, 0.1) is 0 Å². The van der Waals surface area contributed by atoms with Gasteiger partial charge in [0.2, 0.25) is 0 Å². The predicted molar refractivity (Wildman–Crippen MR) is 47.0 cm³/mol. The first-order valence-corrected chi connectivity index (χ1v) is 4.34. The minimum Gasteiger partial charge on any atom is -0.506 e. The Labute approximate surface area is 69.0 Å². The molecule has 1 aliphatic heterocycles. The number of thioether (sulfide) groups is 1. The number of hydrogen-bond acceptors (Lipinski definition) is 3. The van der Waals surface area contributed by atoms with Gasteiger partial charge in [-0.1, -0.05) is 6.07 Å². The van der Waals surface area contributed by atoms with E-state index in [1.54, 1.807) is 17.8 Å². The quantitative estimate of drug-likeness (QED) is 0.639. The van der Waals surface area contributed by atoms with Crippen LogP contribution in [0.3, 0.4) is 0 Å². The topological polar surface area (TPSA) is 32.6 Å². The van der Waals surface area contributed by atoms with Gasteiger partial charge in [-0.15, -0.1) is 11.8 Å². The minimum atomic E-state index is 0.269. The molecule has 1 aliphatic rings. The van der Waals surface area contributed by atoms with E-state index < -0.39 is 0 Å². The molecule has 1 heterocycles. The number of aliphatic imine (C=N–C) groups is 1. The highest BCUT2D eigenvalue weighted by atomic mass is 32.2. The highest BCUT2D eigenvalue weighted by Crippen LogP contribution is 2.38. The van der Waals surface area contributed by atoms with Crippen molar-refractivity contribution in [2.45, 2.75) is 4.90 Å². The molecule has 1 aromatic rings. The molecule has 0 saturated heterocycles. The maximum atomic E-state index is 9.33. The summed E-state index contributed by atoms with van der Waals surface area (Å²) in [6.07, 6.45) is 1.81. The first-order valence-electron chi connectivity index (χ1n) is 3.35. The fourth-order valence-electron chi connectivity index (χ4n) is 1.01. The highest BCUT2D eigenvalue weighted by molar-refractivity contribution is 8.00. The van der Waals surface area contributed by atoms with Gasteiger partial charge >= 0.3 is 0 Å². The Morgan fingerprint density at radius 2 is 2.36 bits per heavy atom. The van der Waals surface area contributed by atoms with E-state index in [0.717, 1.165) is 10.6 Å². The molecule has 0 bridgehead atoms. The summed E-state index contributed by atoms with van der Waals surface area (Å²) in [6.45, 7) is 0. The standard InChI is InChI=1S/C8H7NOS/c10-6-2-1-3-7-8(6)9-4-5-11-7/h1-4,10H,5H2. The van der Waals surface area contributed by atoms with E-state index in [0.29, 0.717) is 5.69 Å². The summed E-state index contributed by atoms with van der Waals surface area (Å²) in [4.78, 5) is 5.16. The summed E-state index contributed by atoms with van der Waals surface area (Å²) in [6, 6.07) is 5.46. The molecule has 0 radical (unpaired) electrons. The van der Waals surface area contributed by atoms with Crippen LogP contribution in [0.15, 0.2) is 28.1 Å². The number of hydrogen-bond donors (Lipinski definition) is 1. The Bertz CT molecular complexity index is 309. The molecular weight excluding hydrogens is 158 g/mol. The number of rotatable bonds is 0. The zero-order valence-electron chi connectivity index (χ0n) is 5.82. The van der Waals surface area contributed by atoms with Gasteiger partial charge in [-0.05, 0) is 12.1 Å². The lowest BCUT2D eigenvalue weighted by Gasteiger charge is -2.08. The second kappa shape index (κ2) is 2.58. The SMILES string of the molecule is Oc1cccc2c1N=CCS2. The zero-order chi connectivity index (χ0) is 7.68. The number of phenols is 1. The van der Waals surface area contributed by atoms with E-state index in [-0.39, 0.29) is 5.75 Å². The smallest absolute Gasteiger partial charge is 0.142 e. The number of nitrogens with zero attached hydrogens (tertiary/aromatic N) is 1. The van der Waals surface area contributed by atoms with Crippen LogP contribution < -0.4 is 0 Å². The third-order valence-electron chi connectivity index (χ3n) is 1.51. The molecule has 0 fully saturated rings. The molecule has 0 spiro atoms. The second-order valence-corrected chi connectivity index (χ2v) is 3.31. The molecule has 0 aliphatic carbocycles. The molecule has 11 heavy (non-hydrogen) atoms. The summed E-state index contributed by atoms with van der Waals surface area (Å²) in [5.74, 6) is 1.17. The summed E-state index contributed by atoms with van der Waals surface area (Å²) in [7, 11) is 0. The van der Waals surface area contributed by atoms with Crippen molar-refractivity contribution in [2.75, 3.05) is 5.75 Å². The van der Waals surface area contributed by atoms with E-state index in [9.17, 15) is 5.11 Å². The fourth-order valence-corrected chi connectivity index (χ4v) is 1.81. The molecule has 56 valence electrons. The van der Waals surface area contributed by atoms with Crippen LogP contribution in [-0.4, -0.2) is 17.1 Å². The largest absolute Gasteiger partial charge is 0.506 e. The van der Waals surface area contributed by atoms with Crippen LogP contribution in [0.25, 0.3) is 0 Å².